The van der Waals surface area contributed by atoms with E-state index in [9.17, 15) is 9.59 Å². The monoisotopic (exact) mass is 914 g/mol. The van der Waals surface area contributed by atoms with Gasteiger partial charge in [-0.15, -0.1) is 0 Å². The number of alkyl halides is 3. The van der Waals surface area contributed by atoms with Crippen LogP contribution in [0.1, 0.15) is 62.8 Å². The average Bonchev–Trinajstić information content (AvgIpc) is 3.54. The SMILES string of the molecule is COc1ccc(CN(Cc2ccc(OC)cc2)c2cc(C)c(C(F)(F)F)c(-c3c(Cl)c(O[C@H](C)[C@H]4NC[C@H]5CC[C@@H]4CN5C(=O)OC(C)(C)C)c4c(=O)[nH]c(Cl)nc4c3F)n2)cc1. The fraction of sp³-hybridized carbons (Fsp3) is 0.422. The Bertz CT molecular complexity index is 2500. The van der Waals surface area contributed by atoms with Gasteiger partial charge in [0, 0.05) is 38.3 Å². The molecule has 5 aromatic rings. The Kier molecular flexibility index (Phi) is 13.1. The molecule has 18 heteroatoms. The molecule has 0 radical (unpaired) electrons. The van der Waals surface area contributed by atoms with Gasteiger partial charge in [0.25, 0.3) is 5.56 Å². The number of halogens is 6. The first-order valence-electron chi connectivity index (χ1n) is 20.4. The van der Waals surface area contributed by atoms with E-state index in [1.54, 1.807) is 61.8 Å². The number of pyridine rings is 1. The Labute approximate surface area is 371 Å². The molecule has 12 nitrogen and oxygen atoms in total. The van der Waals surface area contributed by atoms with Crippen LogP contribution in [0.15, 0.2) is 59.4 Å². The van der Waals surface area contributed by atoms with Crippen LogP contribution < -0.4 is 30.0 Å². The molecule has 2 N–H and O–H groups in total. The van der Waals surface area contributed by atoms with Gasteiger partial charge in [0.2, 0.25) is 5.28 Å². The van der Waals surface area contributed by atoms with Crippen molar-refractivity contribution >= 4 is 46.0 Å². The van der Waals surface area contributed by atoms with Crippen molar-refractivity contribution in [3.8, 4) is 28.5 Å². The van der Waals surface area contributed by atoms with Gasteiger partial charge in [-0.25, -0.2) is 19.2 Å². The number of H-pyrrole nitrogens is 1. The fourth-order valence-corrected chi connectivity index (χ4v) is 8.88. The first kappa shape index (κ1) is 45.7. The van der Waals surface area contributed by atoms with Crippen molar-refractivity contribution in [3.63, 3.8) is 0 Å². The maximum atomic E-state index is 17.2. The Morgan fingerprint density at radius 1 is 0.968 bits per heavy atom. The summed E-state index contributed by atoms with van der Waals surface area (Å²) in [4.78, 5) is 41.3. The van der Waals surface area contributed by atoms with Gasteiger partial charge in [0.1, 0.15) is 39.9 Å². The number of amides is 1. The Morgan fingerprint density at radius 2 is 1.57 bits per heavy atom. The Morgan fingerprint density at radius 3 is 2.13 bits per heavy atom. The van der Waals surface area contributed by atoms with E-state index in [0.717, 1.165) is 11.1 Å². The van der Waals surface area contributed by atoms with Crippen molar-refractivity contribution in [1.29, 1.82) is 0 Å². The summed E-state index contributed by atoms with van der Waals surface area (Å²) < 4.78 is 86.0. The molecular formula is C45H48Cl2F4N6O6. The van der Waals surface area contributed by atoms with Gasteiger partial charge in [0.15, 0.2) is 11.6 Å². The lowest BCUT2D eigenvalue weighted by molar-refractivity contribution is -0.137. The zero-order chi connectivity index (χ0) is 45.5. The third kappa shape index (κ3) is 9.77. The molecule has 2 bridgehead atoms. The van der Waals surface area contributed by atoms with Crippen molar-refractivity contribution in [3.05, 3.63) is 103 Å². The molecule has 3 saturated heterocycles. The van der Waals surface area contributed by atoms with Crippen LogP contribution in [0.2, 0.25) is 10.3 Å². The number of aromatic nitrogens is 3. The number of nitrogens with one attached hydrogen (secondary N) is 2. The highest BCUT2D eigenvalue weighted by Crippen LogP contribution is 2.48. The third-order valence-electron chi connectivity index (χ3n) is 11.4. The Hall–Kier alpha value is -5.32. The minimum Gasteiger partial charge on any atom is -0.497 e. The van der Waals surface area contributed by atoms with Crippen LogP contribution in [0.25, 0.3) is 22.2 Å². The van der Waals surface area contributed by atoms with E-state index < -0.39 is 85.2 Å². The van der Waals surface area contributed by atoms with Crippen molar-refractivity contribution in [2.45, 2.75) is 90.5 Å². The number of anilines is 1. The number of rotatable bonds is 11. The first-order valence-corrected chi connectivity index (χ1v) is 21.1. The molecule has 8 rings (SSSR count). The predicted octanol–water partition coefficient (Wildman–Crippen LogP) is 9.74. The summed E-state index contributed by atoms with van der Waals surface area (Å²) in [5.74, 6) is -0.638. The number of fused-ring (bicyclic) bond motifs is 5. The second-order valence-corrected chi connectivity index (χ2v) is 17.6. The topological polar surface area (TPSA) is 131 Å². The summed E-state index contributed by atoms with van der Waals surface area (Å²) in [5.41, 5.74) is -3.89. The summed E-state index contributed by atoms with van der Waals surface area (Å²) in [6, 6.07) is 15.0. The molecule has 4 atom stereocenters. The maximum absolute atomic E-state index is 17.2. The zero-order valence-corrected chi connectivity index (χ0v) is 37.3. The van der Waals surface area contributed by atoms with Crippen molar-refractivity contribution < 1.29 is 41.3 Å². The molecular weight excluding hydrogens is 867 g/mol. The van der Waals surface area contributed by atoms with Crippen LogP contribution >= 0.6 is 23.2 Å². The van der Waals surface area contributed by atoms with Gasteiger partial charge >= 0.3 is 12.3 Å². The van der Waals surface area contributed by atoms with Crippen LogP contribution in [0.4, 0.5) is 28.2 Å². The number of piperidine rings is 1. The molecule has 0 unspecified atom stereocenters. The summed E-state index contributed by atoms with van der Waals surface area (Å²) in [6.45, 7) is 9.40. The van der Waals surface area contributed by atoms with E-state index in [4.69, 9.17) is 42.1 Å². The van der Waals surface area contributed by atoms with Crippen LogP contribution in [-0.2, 0) is 24.0 Å². The quantitative estimate of drug-likeness (QED) is 0.0976. The van der Waals surface area contributed by atoms with Crippen molar-refractivity contribution in [2.24, 2.45) is 5.92 Å². The van der Waals surface area contributed by atoms with E-state index >= 15 is 17.6 Å². The van der Waals surface area contributed by atoms with Gasteiger partial charge in [-0.1, -0.05) is 35.9 Å². The predicted molar refractivity (Wildman–Crippen MR) is 233 cm³/mol. The number of hydrogen-bond donors (Lipinski definition) is 2. The number of nitrogens with zero attached hydrogens (tertiary/aromatic N) is 4. The number of hydrogen-bond acceptors (Lipinski definition) is 10. The molecule has 336 valence electrons. The van der Waals surface area contributed by atoms with E-state index in [-0.39, 0.29) is 36.4 Å². The number of methoxy groups -OCH3 is 2. The highest BCUT2D eigenvalue weighted by atomic mass is 35.5. The lowest BCUT2D eigenvalue weighted by Gasteiger charge is -2.38. The van der Waals surface area contributed by atoms with E-state index in [0.29, 0.717) is 37.4 Å². The van der Waals surface area contributed by atoms with Crippen LogP contribution in [0.3, 0.4) is 0 Å². The highest BCUT2D eigenvalue weighted by Gasteiger charge is 2.44. The van der Waals surface area contributed by atoms with Gasteiger partial charge < -0.3 is 34.1 Å². The van der Waals surface area contributed by atoms with Gasteiger partial charge in [-0.05, 0) is 112 Å². The van der Waals surface area contributed by atoms with Crippen LogP contribution in [0.5, 0.6) is 17.2 Å². The second-order valence-electron chi connectivity index (χ2n) is 16.9. The minimum atomic E-state index is -5.05. The number of aromatic amines is 1. The molecule has 3 fully saturated rings. The molecule has 3 aliphatic heterocycles. The highest BCUT2D eigenvalue weighted by molar-refractivity contribution is 6.36. The first-order chi connectivity index (χ1) is 29.8. The number of carbonyl (C=O) groups excluding carboxylic acids is 1. The second kappa shape index (κ2) is 18.0. The van der Waals surface area contributed by atoms with Gasteiger partial charge in [-0.3, -0.25) is 9.78 Å². The minimum absolute atomic E-state index is 0.0680. The Balaban J connectivity index is 1.36. The molecule has 1 amide bonds. The van der Waals surface area contributed by atoms with Crippen LogP contribution in [-0.4, -0.2) is 77.0 Å². The van der Waals surface area contributed by atoms with Gasteiger partial charge in [0.05, 0.1) is 36.1 Å². The average molecular weight is 916 g/mol. The normalized spacial score (nSPS) is 18.2. The fourth-order valence-electron chi connectivity index (χ4n) is 8.40. The summed E-state index contributed by atoms with van der Waals surface area (Å²) >= 11 is 13.2. The van der Waals surface area contributed by atoms with Gasteiger partial charge in [-0.2, -0.15) is 13.2 Å². The molecule has 3 aromatic carbocycles. The van der Waals surface area contributed by atoms with E-state index in [1.165, 1.54) is 27.2 Å². The maximum Gasteiger partial charge on any atom is 0.418 e. The lowest BCUT2D eigenvalue weighted by atomic mass is 9.88. The summed E-state index contributed by atoms with van der Waals surface area (Å²) in [5, 5.41) is 1.89. The summed E-state index contributed by atoms with van der Waals surface area (Å²) in [7, 11) is 3.07. The molecule has 0 saturated carbocycles. The molecule has 3 aliphatic rings. The van der Waals surface area contributed by atoms with E-state index in [2.05, 4.69) is 20.3 Å². The summed E-state index contributed by atoms with van der Waals surface area (Å²) in [6.07, 6.45) is -4.93. The molecule has 2 aromatic heterocycles. The smallest absolute Gasteiger partial charge is 0.418 e. The number of ether oxygens (including phenoxy) is 4. The number of carbonyl (C=O) groups is 1. The van der Waals surface area contributed by atoms with Crippen LogP contribution in [0, 0.1) is 18.7 Å². The largest absolute Gasteiger partial charge is 0.497 e. The molecule has 0 spiro atoms. The number of aryl methyl sites for hydroxylation is 1. The van der Waals surface area contributed by atoms with Crippen molar-refractivity contribution in [1.82, 2.24) is 25.2 Å². The standard InChI is InChI=1S/C45H48Cl2F4N6O6/c1-23-18-31(56(20-25-8-14-29(60-6)15-9-25)21-26-10-16-30(61-7)17-11-26)53-38(34(23)45(49,50)51)32-35(46)40(33-39(36(32)48)54-42(47)55-41(33)58)62-24(2)37-27-12-13-28(19-52-37)57(22-27)43(59)63-44(3,4)5/h8-11,14-18,24,27-28,37,52H,12-13,19-22H2,1-7H3,(H,54,55,58)/t24-,27-,28-,37-/m1/s1. The lowest BCUT2D eigenvalue weighted by Crippen LogP contribution is -2.50. The molecule has 5 heterocycles. The number of benzene rings is 3. The molecule has 0 aliphatic carbocycles. The molecule has 63 heavy (non-hydrogen) atoms. The van der Waals surface area contributed by atoms with E-state index in [1.807, 2.05) is 24.3 Å². The van der Waals surface area contributed by atoms with Crippen molar-refractivity contribution in [2.75, 3.05) is 32.2 Å². The zero-order valence-electron chi connectivity index (χ0n) is 35.8. The third-order valence-corrected chi connectivity index (χ3v) is 11.9.